The van der Waals surface area contributed by atoms with E-state index in [-0.39, 0.29) is 11.6 Å². The third-order valence-electron chi connectivity index (χ3n) is 2.56. The van der Waals surface area contributed by atoms with Crippen LogP contribution in [0.15, 0.2) is 59.7 Å². The van der Waals surface area contributed by atoms with Crippen molar-refractivity contribution < 1.29 is 4.74 Å². The first-order chi connectivity index (χ1) is 9.81. The van der Waals surface area contributed by atoms with Crippen LogP contribution in [0.5, 0.6) is 11.8 Å². The number of benzene rings is 1. The fraction of sp³-hybridized carbons (Fsp3) is 0. The van der Waals surface area contributed by atoms with Gasteiger partial charge in [0, 0.05) is 24.0 Å². The number of aromatic nitrogens is 4. The van der Waals surface area contributed by atoms with Gasteiger partial charge in [0.1, 0.15) is 5.75 Å². The molecular formula is C14H10N4O2. The summed E-state index contributed by atoms with van der Waals surface area (Å²) in [7, 11) is 0. The monoisotopic (exact) mass is 266 g/mol. The van der Waals surface area contributed by atoms with Gasteiger partial charge in [-0.25, -0.2) is 15.1 Å². The largest absolute Gasteiger partial charge is 0.424 e. The Kier molecular flexibility index (Phi) is 3.20. The zero-order valence-corrected chi connectivity index (χ0v) is 10.4. The van der Waals surface area contributed by atoms with Crippen molar-refractivity contribution in [2.45, 2.75) is 0 Å². The fourth-order valence-corrected chi connectivity index (χ4v) is 1.60. The normalized spacial score (nSPS) is 10.2. The average molecular weight is 266 g/mol. The van der Waals surface area contributed by atoms with Crippen molar-refractivity contribution in [2.24, 2.45) is 0 Å². The Labute approximate surface area is 114 Å². The van der Waals surface area contributed by atoms with Crippen LogP contribution in [0.2, 0.25) is 0 Å². The van der Waals surface area contributed by atoms with Crippen LogP contribution < -0.4 is 10.3 Å². The van der Waals surface area contributed by atoms with Gasteiger partial charge in [0.15, 0.2) is 0 Å². The molecule has 0 fully saturated rings. The Balaban J connectivity index is 1.81. The van der Waals surface area contributed by atoms with Gasteiger partial charge in [-0.15, -0.1) is 0 Å². The molecule has 0 spiro atoms. The van der Waals surface area contributed by atoms with Gasteiger partial charge in [-0.05, 0) is 18.2 Å². The number of rotatable bonds is 3. The quantitative estimate of drug-likeness (QED) is 0.784. The molecule has 0 bridgehead atoms. The van der Waals surface area contributed by atoms with Crippen LogP contribution >= 0.6 is 0 Å². The molecule has 0 radical (unpaired) electrons. The van der Waals surface area contributed by atoms with E-state index >= 15 is 0 Å². The van der Waals surface area contributed by atoms with Crippen molar-refractivity contribution in [3.05, 3.63) is 65.2 Å². The topological polar surface area (TPSA) is 80.8 Å². The molecule has 3 aromatic rings. The molecule has 2 heterocycles. The van der Waals surface area contributed by atoms with E-state index in [2.05, 4.69) is 20.2 Å². The Morgan fingerprint density at radius 3 is 2.35 bits per heavy atom. The molecule has 0 aliphatic heterocycles. The summed E-state index contributed by atoms with van der Waals surface area (Å²) >= 11 is 0. The molecule has 0 unspecified atom stereocenters. The highest BCUT2D eigenvalue weighted by molar-refractivity contribution is 5.55. The van der Waals surface area contributed by atoms with Gasteiger partial charge in [-0.3, -0.25) is 4.79 Å². The van der Waals surface area contributed by atoms with E-state index < -0.39 is 0 Å². The molecule has 0 saturated carbocycles. The molecule has 0 atom stereocenters. The maximum absolute atomic E-state index is 10.9. The third-order valence-corrected chi connectivity index (χ3v) is 2.56. The van der Waals surface area contributed by atoms with E-state index in [0.717, 1.165) is 0 Å². The highest BCUT2D eigenvalue weighted by atomic mass is 16.5. The van der Waals surface area contributed by atoms with Crippen LogP contribution in [0, 0.1) is 0 Å². The second-order valence-corrected chi connectivity index (χ2v) is 3.98. The van der Waals surface area contributed by atoms with Crippen molar-refractivity contribution >= 4 is 0 Å². The third kappa shape index (κ3) is 2.69. The van der Waals surface area contributed by atoms with Crippen LogP contribution in [-0.2, 0) is 0 Å². The maximum Gasteiger partial charge on any atom is 0.321 e. The standard InChI is InChI=1S/C14H10N4O2/c19-13-7-6-12(17-18-13)10-8-15-14(16-9-10)20-11-4-2-1-3-5-11/h1-9H,(H,18,19). The number of nitrogens with zero attached hydrogens (tertiary/aromatic N) is 3. The van der Waals surface area contributed by atoms with E-state index in [4.69, 9.17) is 4.74 Å². The molecule has 0 aliphatic carbocycles. The highest BCUT2D eigenvalue weighted by Gasteiger charge is 2.03. The van der Waals surface area contributed by atoms with E-state index in [1.165, 1.54) is 6.07 Å². The molecule has 6 heteroatoms. The van der Waals surface area contributed by atoms with E-state index in [1.807, 2.05) is 30.3 Å². The minimum absolute atomic E-state index is 0.251. The molecule has 0 amide bonds. The Hall–Kier alpha value is -3.02. The van der Waals surface area contributed by atoms with Crippen molar-refractivity contribution in [1.82, 2.24) is 20.2 Å². The fourth-order valence-electron chi connectivity index (χ4n) is 1.60. The van der Waals surface area contributed by atoms with Crippen LogP contribution in [0.25, 0.3) is 11.3 Å². The number of hydrogen-bond acceptors (Lipinski definition) is 5. The lowest BCUT2D eigenvalue weighted by molar-refractivity contribution is 0.442. The number of para-hydroxylation sites is 1. The van der Waals surface area contributed by atoms with Crippen LogP contribution in [0.4, 0.5) is 0 Å². The van der Waals surface area contributed by atoms with Gasteiger partial charge in [-0.2, -0.15) is 5.10 Å². The molecular weight excluding hydrogens is 256 g/mol. The molecule has 98 valence electrons. The summed E-state index contributed by atoms with van der Waals surface area (Å²) < 4.78 is 5.49. The van der Waals surface area contributed by atoms with Crippen LogP contribution in [0.1, 0.15) is 0 Å². The number of H-pyrrole nitrogens is 1. The average Bonchev–Trinajstić information content (AvgIpc) is 2.50. The van der Waals surface area contributed by atoms with Crippen molar-refractivity contribution in [2.75, 3.05) is 0 Å². The number of hydrogen-bond donors (Lipinski definition) is 1. The van der Waals surface area contributed by atoms with Crippen molar-refractivity contribution in [3.8, 4) is 23.0 Å². The first-order valence-corrected chi connectivity index (χ1v) is 5.92. The minimum atomic E-state index is -0.251. The zero-order valence-electron chi connectivity index (χ0n) is 10.4. The van der Waals surface area contributed by atoms with Gasteiger partial charge in [-0.1, -0.05) is 18.2 Å². The summed E-state index contributed by atoms with van der Waals surface area (Å²) in [4.78, 5) is 19.2. The summed E-state index contributed by atoms with van der Waals surface area (Å²) in [5.74, 6) is 0.669. The molecule has 0 aliphatic rings. The second-order valence-electron chi connectivity index (χ2n) is 3.98. The van der Waals surface area contributed by atoms with Crippen LogP contribution in [0.3, 0.4) is 0 Å². The summed E-state index contributed by atoms with van der Waals surface area (Å²) in [6.07, 6.45) is 3.18. The Morgan fingerprint density at radius 2 is 1.70 bits per heavy atom. The van der Waals surface area contributed by atoms with Gasteiger partial charge in [0.05, 0.1) is 5.69 Å². The van der Waals surface area contributed by atoms with E-state index in [9.17, 15) is 4.79 Å². The van der Waals surface area contributed by atoms with Crippen molar-refractivity contribution in [1.29, 1.82) is 0 Å². The first-order valence-electron chi connectivity index (χ1n) is 5.92. The predicted octanol–water partition coefficient (Wildman–Crippen LogP) is 2.02. The summed E-state index contributed by atoms with van der Waals surface area (Å²) in [6.45, 7) is 0. The van der Waals surface area contributed by atoms with Gasteiger partial charge < -0.3 is 4.74 Å². The van der Waals surface area contributed by atoms with Gasteiger partial charge in [0.25, 0.3) is 5.56 Å². The maximum atomic E-state index is 10.9. The van der Waals surface area contributed by atoms with Crippen LogP contribution in [-0.4, -0.2) is 20.2 Å². The second kappa shape index (κ2) is 5.31. The van der Waals surface area contributed by atoms with E-state index in [0.29, 0.717) is 17.0 Å². The number of nitrogens with one attached hydrogen (secondary N) is 1. The van der Waals surface area contributed by atoms with Gasteiger partial charge >= 0.3 is 6.01 Å². The lowest BCUT2D eigenvalue weighted by atomic mass is 10.2. The highest BCUT2D eigenvalue weighted by Crippen LogP contribution is 2.18. The zero-order chi connectivity index (χ0) is 13.8. The molecule has 2 aromatic heterocycles. The Morgan fingerprint density at radius 1 is 0.950 bits per heavy atom. The molecule has 0 saturated heterocycles. The summed E-state index contributed by atoms with van der Waals surface area (Å²) in [5, 5.41) is 6.26. The first kappa shape index (κ1) is 12.0. The number of ether oxygens (including phenoxy) is 1. The molecule has 3 rings (SSSR count). The molecule has 6 nitrogen and oxygen atoms in total. The summed E-state index contributed by atoms with van der Waals surface area (Å²) in [6, 6.07) is 12.5. The lowest BCUT2D eigenvalue weighted by Crippen LogP contribution is -2.05. The minimum Gasteiger partial charge on any atom is -0.424 e. The molecule has 1 N–H and O–H groups in total. The predicted molar refractivity (Wildman–Crippen MR) is 72.4 cm³/mol. The number of aromatic amines is 1. The van der Waals surface area contributed by atoms with E-state index in [1.54, 1.807) is 18.5 Å². The summed E-state index contributed by atoms with van der Waals surface area (Å²) in [5.41, 5.74) is 1.04. The smallest absolute Gasteiger partial charge is 0.321 e. The van der Waals surface area contributed by atoms with Crippen molar-refractivity contribution in [3.63, 3.8) is 0 Å². The SMILES string of the molecule is O=c1ccc(-c2cnc(Oc3ccccc3)nc2)n[nH]1. The lowest BCUT2D eigenvalue weighted by Gasteiger charge is -2.03. The molecule has 1 aromatic carbocycles. The Bertz CT molecular complexity index is 734. The molecule has 20 heavy (non-hydrogen) atoms. The van der Waals surface area contributed by atoms with Gasteiger partial charge in [0.2, 0.25) is 0 Å².